The van der Waals surface area contributed by atoms with E-state index in [9.17, 15) is 4.79 Å². The fourth-order valence-corrected chi connectivity index (χ4v) is 3.63. The van der Waals surface area contributed by atoms with Crippen LogP contribution in [0.4, 0.5) is 5.69 Å². The zero-order valence-corrected chi connectivity index (χ0v) is 17.2. The molecule has 5 heteroatoms. The predicted molar refractivity (Wildman–Crippen MR) is 114 cm³/mol. The van der Waals surface area contributed by atoms with E-state index in [2.05, 4.69) is 52.0 Å². The van der Waals surface area contributed by atoms with Crippen LogP contribution in [-0.2, 0) is 20.6 Å². The lowest BCUT2D eigenvalue weighted by atomic mass is 9.77. The molecular weight excluding hydrogens is 349 g/mol. The second-order valence-electron chi connectivity index (χ2n) is 8.54. The van der Waals surface area contributed by atoms with Crippen LogP contribution in [0.15, 0.2) is 42.5 Å². The smallest absolute Gasteiger partial charge is 0.399 e. The molecule has 2 aliphatic heterocycles. The van der Waals surface area contributed by atoms with Crippen LogP contribution < -0.4 is 10.4 Å². The Balaban J connectivity index is 1.74. The maximum atomic E-state index is 12.3. The van der Waals surface area contributed by atoms with E-state index in [0.717, 1.165) is 27.8 Å². The maximum Gasteiger partial charge on any atom is 0.494 e. The quantitative estimate of drug-likeness (QED) is 0.707. The zero-order chi connectivity index (χ0) is 20.1. The van der Waals surface area contributed by atoms with Gasteiger partial charge in [-0.2, -0.15) is 0 Å². The normalized spacial score (nSPS) is 19.6. The molecule has 1 amide bonds. The molecule has 2 heterocycles. The first-order chi connectivity index (χ1) is 13.2. The third kappa shape index (κ3) is 3.19. The second kappa shape index (κ2) is 6.61. The number of hydrogen-bond donors (Lipinski definition) is 0. The lowest BCUT2D eigenvalue weighted by Gasteiger charge is -2.32. The first kappa shape index (κ1) is 19.0. The standard InChI is InChI=1S/C23H26BNO3/c1-16(26)25-15-19-12-13-20(24-27-22(2,3)23(4,5)28-24)14-18(19)11-10-17-8-6-7-9-21(17)25/h6-14H,15H2,1-5H3. The summed E-state index contributed by atoms with van der Waals surface area (Å²) in [5.74, 6) is 0.0312. The van der Waals surface area contributed by atoms with Crippen molar-refractivity contribution >= 4 is 36.3 Å². The monoisotopic (exact) mass is 375 g/mol. The summed E-state index contributed by atoms with van der Waals surface area (Å²) in [6.45, 7) is 10.4. The number of para-hydroxylation sites is 1. The molecule has 0 radical (unpaired) electrons. The Morgan fingerprint density at radius 1 is 0.964 bits per heavy atom. The van der Waals surface area contributed by atoms with Gasteiger partial charge in [0, 0.05) is 6.92 Å². The summed E-state index contributed by atoms with van der Waals surface area (Å²) in [4.78, 5) is 14.1. The van der Waals surface area contributed by atoms with Crippen molar-refractivity contribution in [2.75, 3.05) is 4.90 Å². The maximum absolute atomic E-state index is 12.3. The Morgan fingerprint density at radius 3 is 2.29 bits per heavy atom. The Labute approximate surface area is 167 Å². The molecular formula is C23H26BNO3. The molecule has 2 aromatic carbocycles. The van der Waals surface area contributed by atoms with Gasteiger partial charge in [-0.25, -0.2) is 0 Å². The fraction of sp³-hybridized carbons (Fsp3) is 0.348. The number of carbonyl (C=O) groups excluding carboxylic acids is 1. The van der Waals surface area contributed by atoms with Crippen molar-refractivity contribution < 1.29 is 14.1 Å². The molecule has 4 rings (SSSR count). The van der Waals surface area contributed by atoms with Gasteiger partial charge < -0.3 is 14.2 Å². The number of hydrogen-bond acceptors (Lipinski definition) is 3. The molecule has 144 valence electrons. The van der Waals surface area contributed by atoms with Crippen molar-refractivity contribution in [2.24, 2.45) is 0 Å². The molecule has 0 bridgehead atoms. The van der Waals surface area contributed by atoms with Gasteiger partial charge in [-0.3, -0.25) is 4.79 Å². The van der Waals surface area contributed by atoms with Gasteiger partial charge in [-0.15, -0.1) is 0 Å². The second-order valence-corrected chi connectivity index (χ2v) is 8.54. The highest BCUT2D eigenvalue weighted by molar-refractivity contribution is 6.62. The van der Waals surface area contributed by atoms with Gasteiger partial charge in [-0.05, 0) is 55.9 Å². The van der Waals surface area contributed by atoms with Gasteiger partial charge in [0.2, 0.25) is 5.91 Å². The van der Waals surface area contributed by atoms with E-state index in [4.69, 9.17) is 9.31 Å². The summed E-state index contributed by atoms with van der Waals surface area (Å²) in [6.07, 6.45) is 4.18. The summed E-state index contributed by atoms with van der Waals surface area (Å²) < 4.78 is 12.4. The molecule has 2 aliphatic rings. The molecule has 0 atom stereocenters. The largest absolute Gasteiger partial charge is 0.494 e. The van der Waals surface area contributed by atoms with Crippen molar-refractivity contribution in [1.29, 1.82) is 0 Å². The molecule has 0 aliphatic carbocycles. The first-order valence-corrected chi connectivity index (χ1v) is 9.72. The number of anilines is 1. The minimum absolute atomic E-state index is 0.0312. The van der Waals surface area contributed by atoms with Crippen LogP contribution in [0.5, 0.6) is 0 Å². The Bertz CT molecular complexity index is 948. The number of nitrogens with zero attached hydrogens (tertiary/aromatic N) is 1. The van der Waals surface area contributed by atoms with Gasteiger partial charge in [0.15, 0.2) is 0 Å². The number of fused-ring (bicyclic) bond motifs is 2. The molecule has 0 N–H and O–H groups in total. The molecule has 1 saturated heterocycles. The van der Waals surface area contributed by atoms with E-state index in [1.54, 1.807) is 6.92 Å². The lowest BCUT2D eigenvalue weighted by molar-refractivity contribution is -0.116. The van der Waals surface area contributed by atoms with Crippen molar-refractivity contribution in [2.45, 2.75) is 52.4 Å². The van der Waals surface area contributed by atoms with E-state index >= 15 is 0 Å². The van der Waals surface area contributed by atoms with Crippen molar-refractivity contribution in [1.82, 2.24) is 0 Å². The molecule has 0 saturated carbocycles. The third-order valence-electron chi connectivity index (χ3n) is 6.07. The summed E-state index contributed by atoms with van der Waals surface area (Å²) in [6, 6.07) is 14.2. The molecule has 4 nitrogen and oxygen atoms in total. The zero-order valence-electron chi connectivity index (χ0n) is 17.2. The first-order valence-electron chi connectivity index (χ1n) is 9.72. The van der Waals surface area contributed by atoms with Gasteiger partial charge in [-0.1, -0.05) is 48.6 Å². The van der Waals surface area contributed by atoms with Crippen LogP contribution in [-0.4, -0.2) is 24.2 Å². The SMILES string of the molecule is CC(=O)N1Cc2ccc(B3OC(C)(C)C(C)(C)O3)cc2C=Cc2ccccc21. The van der Waals surface area contributed by atoms with Crippen molar-refractivity contribution in [3.8, 4) is 0 Å². The summed E-state index contributed by atoms with van der Waals surface area (Å²) in [7, 11) is -0.398. The van der Waals surface area contributed by atoms with E-state index < -0.39 is 7.12 Å². The molecule has 0 aromatic heterocycles. The molecule has 2 aromatic rings. The number of amides is 1. The van der Waals surface area contributed by atoms with Crippen molar-refractivity contribution in [3.05, 3.63) is 59.2 Å². The van der Waals surface area contributed by atoms with E-state index in [-0.39, 0.29) is 17.1 Å². The van der Waals surface area contributed by atoms with E-state index in [1.165, 1.54) is 0 Å². The van der Waals surface area contributed by atoms with E-state index in [1.807, 2.05) is 35.2 Å². The molecule has 0 unspecified atom stereocenters. The summed E-state index contributed by atoms with van der Waals surface area (Å²) in [5, 5.41) is 0. The van der Waals surface area contributed by atoms with Gasteiger partial charge in [0.1, 0.15) is 0 Å². The van der Waals surface area contributed by atoms with Crippen LogP contribution in [0, 0.1) is 0 Å². The van der Waals surface area contributed by atoms with E-state index in [0.29, 0.717) is 6.54 Å². The van der Waals surface area contributed by atoms with Crippen LogP contribution in [0.2, 0.25) is 0 Å². The molecule has 1 fully saturated rings. The Hall–Kier alpha value is -2.37. The average Bonchev–Trinajstić information content (AvgIpc) is 2.84. The Kier molecular flexibility index (Phi) is 4.48. The predicted octanol–water partition coefficient (Wildman–Crippen LogP) is 4.02. The highest BCUT2D eigenvalue weighted by Crippen LogP contribution is 2.37. The minimum Gasteiger partial charge on any atom is -0.399 e. The summed E-state index contributed by atoms with van der Waals surface area (Å²) in [5.41, 5.74) is 4.39. The number of benzene rings is 2. The molecule has 0 spiro atoms. The van der Waals surface area contributed by atoms with Crippen LogP contribution >= 0.6 is 0 Å². The molecule has 28 heavy (non-hydrogen) atoms. The summed E-state index contributed by atoms with van der Waals surface area (Å²) >= 11 is 0. The van der Waals surface area contributed by atoms with Crippen molar-refractivity contribution in [3.63, 3.8) is 0 Å². The number of carbonyl (C=O) groups is 1. The Morgan fingerprint density at radius 2 is 1.61 bits per heavy atom. The minimum atomic E-state index is -0.398. The van der Waals surface area contributed by atoms with Gasteiger partial charge in [0.25, 0.3) is 0 Å². The highest BCUT2D eigenvalue weighted by Gasteiger charge is 2.51. The fourth-order valence-electron chi connectivity index (χ4n) is 3.63. The lowest BCUT2D eigenvalue weighted by Crippen LogP contribution is -2.41. The average molecular weight is 375 g/mol. The van der Waals surface area contributed by atoms with Gasteiger partial charge in [0.05, 0.1) is 23.4 Å². The third-order valence-corrected chi connectivity index (χ3v) is 6.07. The van der Waals surface area contributed by atoms with Crippen LogP contribution in [0.1, 0.15) is 51.3 Å². The van der Waals surface area contributed by atoms with Crippen LogP contribution in [0.25, 0.3) is 12.2 Å². The van der Waals surface area contributed by atoms with Gasteiger partial charge >= 0.3 is 7.12 Å². The highest BCUT2D eigenvalue weighted by atomic mass is 16.7. The topological polar surface area (TPSA) is 38.8 Å². The number of rotatable bonds is 1. The van der Waals surface area contributed by atoms with Crippen LogP contribution in [0.3, 0.4) is 0 Å².